The minimum Gasteiger partial charge on any atom is -0.383 e. The molecule has 0 unspecified atom stereocenters. The first-order valence-electron chi connectivity index (χ1n) is 9.51. The van der Waals surface area contributed by atoms with Crippen molar-refractivity contribution in [1.82, 2.24) is 9.97 Å². The highest BCUT2D eigenvalue weighted by molar-refractivity contribution is 8.01. The summed E-state index contributed by atoms with van der Waals surface area (Å²) >= 11 is 0.992. The van der Waals surface area contributed by atoms with Gasteiger partial charge in [0.1, 0.15) is 14.8 Å². The van der Waals surface area contributed by atoms with Gasteiger partial charge in [-0.1, -0.05) is 9.63 Å². The van der Waals surface area contributed by atoms with Crippen molar-refractivity contribution in [1.29, 1.82) is 0 Å². The average Bonchev–Trinajstić information content (AvgIpc) is 3.38. The fraction of sp³-hybridized carbons (Fsp3) is 0.500. The van der Waals surface area contributed by atoms with Gasteiger partial charge in [0, 0.05) is 11.4 Å². The molecular formula is C18H24N6O3S2. The predicted molar refractivity (Wildman–Crippen MR) is 112 cm³/mol. The van der Waals surface area contributed by atoms with Crippen molar-refractivity contribution in [3.63, 3.8) is 0 Å². The number of carbonyl (C=O) groups excluding carboxylic acids is 1. The highest BCUT2D eigenvalue weighted by Crippen LogP contribution is 2.36. The number of nitrogens with zero attached hydrogens (tertiary/aromatic N) is 4. The van der Waals surface area contributed by atoms with E-state index in [0.717, 1.165) is 78.1 Å². The number of rotatable bonds is 4. The van der Waals surface area contributed by atoms with E-state index in [1.165, 1.54) is 6.20 Å². The molecule has 29 heavy (non-hydrogen) atoms. The summed E-state index contributed by atoms with van der Waals surface area (Å²) in [6.07, 6.45) is 6.92. The smallest absolute Gasteiger partial charge is 0.364 e. The van der Waals surface area contributed by atoms with Gasteiger partial charge in [-0.25, -0.2) is 14.0 Å². The standard InChI is InChI=1S/C18H24N6O3S2/c1-18(2,26)16-20-9-14(28-16)29(19,27)24-23-17(25)22-15-10-5-3-7-12(10)21-13-8-4-6-11(13)15/h9,26,29H,3-8H2,1-2H3,(H2,19,27)(H,21,22,25)/b24-23+. The molecule has 156 valence electrons. The molecule has 0 fully saturated rings. The molecule has 0 atom stereocenters. The van der Waals surface area contributed by atoms with E-state index in [1.807, 2.05) is 0 Å². The number of nitrogens with two attached hydrogens (primary N) is 1. The highest BCUT2D eigenvalue weighted by atomic mass is 32.3. The first-order valence-corrected chi connectivity index (χ1v) is 12.1. The maximum absolute atomic E-state index is 12.7. The van der Waals surface area contributed by atoms with Gasteiger partial charge in [-0.15, -0.1) is 11.3 Å². The normalized spacial score (nSPS) is 16.8. The third-order valence-corrected chi connectivity index (χ3v) is 8.36. The van der Waals surface area contributed by atoms with Crippen LogP contribution in [0.5, 0.6) is 0 Å². The van der Waals surface area contributed by atoms with Crippen LogP contribution in [0.1, 0.15) is 54.2 Å². The molecule has 2 aromatic heterocycles. The van der Waals surface area contributed by atoms with Crippen molar-refractivity contribution in [2.45, 2.75) is 62.2 Å². The third-order valence-electron chi connectivity index (χ3n) is 5.08. The number of nitrogens with one attached hydrogen (secondary N) is 1. The van der Waals surface area contributed by atoms with Crippen LogP contribution in [0.2, 0.25) is 0 Å². The second-order valence-corrected chi connectivity index (χ2v) is 11.1. The van der Waals surface area contributed by atoms with E-state index in [2.05, 4.69) is 19.9 Å². The molecule has 11 heteroatoms. The summed E-state index contributed by atoms with van der Waals surface area (Å²) in [7, 11) is -3.75. The van der Waals surface area contributed by atoms with Gasteiger partial charge >= 0.3 is 6.03 Å². The SMILES string of the molecule is CC(C)(O)c1ncc([SH](N)(=O)/N=N/C(=O)Nc2c3c(nc4c2CCC4)CCC3)s1. The highest BCUT2D eigenvalue weighted by Gasteiger charge is 2.27. The Hall–Kier alpha value is -2.08. The van der Waals surface area contributed by atoms with Crippen LogP contribution in [0.3, 0.4) is 0 Å². The molecule has 0 aromatic carbocycles. The molecule has 2 heterocycles. The second-order valence-electron chi connectivity index (χ2n) is 7.85. The Kier molecular flexibility index (Phi) is 5.09. The van der Waals surface area contributed by atoms with Gasteiger partial charge in [0.05, 0.1) is 22.2 Å². The minimum atomic E-state index is -3.75. The maximum Gasteiger partial charge on any atom is 0.364 e. The van der Waals surface area contributed by atoms with E-state index in [0.29, 0.717) is 5.01 Å². The molecule has 0 bridgehead atoms. The molecule has 0 radical (unpaired) electrons. The summed E-state index contributed by atoms with van der Waals surface area (Å²) in [5.74, 6) is 0. The lowest BCUT2D eigenvalue weighted by atomic mass is 10.1. The predicted octanol–water partition coefficient (Wildman–Crippen LogP) is 2.59. The van der Waals surface area contributed by atoms with Crippen LogP contribution in [0.4, 0.5) is 10.5 Å². The van der Waals surface area contributed by atoms with E-state index in [-0.39, 0.29) is 4.21 Å². The monoisotopic (exact) mass is 436 g/mol. The molecule has 2 amide bonds. The number of urea groups is 1. The number of hydrogen-bond acceptors (Lipinski definition) is 6. The molecule has 0 spiro atoms. The van der Waals surface area contributed by atoms with Crippen molar-refractivity contribution in [3.8, 4) is 0 Å². The molecule has 9 nitrogen and oxygen atoms in total. The Labute approximate surface area is 173 Å². The van der Waals surface area contributed by atoms with Crippen molar-refractivity contribution < 1.29 is 14.1 Å². The van der Waals surface area contributed by atoms with Gasteiger partial charge in [-0.05, 0) is 63.5 Å². The molecule has 0 saturated heterocycles. The Morgan fingerprint density at radius 2 is 1.86 bits per heavy atom. The first-order chi connectivity index (χ1) is 13.6. The van der Waals surface area contributed by atoms with Crippen molar-refractivity contribution in [3.05, 3.63) is 33.7 Å². The Morgan fingerprint density at radius 3 is 2.41 bits per heavy atom. The number of amides is 2. The number of thiol groups is 1. The lowest BCUT2D eigenvalue weighted by Gasteiger charge is -2.14. The van der Waals surface area contributed by atoms with Crippen LogP contribution < -0.4 is 10.5 Å². The van der Waals surface area contributed by atoms with Crippen molar-refractivity contribution in [2.24, 2.45) is 14.8 Å². The summed E-state index contributed by atoms with van der Waals surface area (Å²) in [6.45, 7) is 3.13. The second kappa shape index (κ2) is 7.31. The molecule has 0 saturated carbocycles. The lowest BCUT2D eigenvalue weighted by molar-refractivity contribution is 0.0783. The van der Waals surface area contributed by atoms with Crippen LogP contribution in [0.25, 0.3) is 0 Å². The largest absolute Gasteiger partial charge is 0.383 e. The number of aliphatic hydroxyl groups is 1. The van der Waals surface area contributed by atoms with E-state index < -0.39 is 21.9 Å². The Balaban J connectivity index is 1.54. The average molecular weight is 437 g/mol. The number of thiazole rings is 1. The van der Waals surface area contributed by atoms with Gasteiger partial charge in [-0.3, -0.25) is 10.1 Å². The number of aromatic nitrogens is 2. The zero-order valence-corrected chi connectivity index (χ0v) is 18.0. The summed E-state index contributed by atoms with van der Waals surface area (Å²) in [5.41, 5.74) is 3.85. The van der Waals surface area contributed by atoms with Crippen LogP contribution in [-0.4, -0.2) is 25.3 Å². The number of aryl methyl sites for hydroxylation is 2. The summed E-state index contributed by atoms with van der Waals surface area (Å²) in [5, 5.41) is 22.6. The molecule has 2 aromatic rings. The number of carbonyl (C=O) groups is 1. The fourth-order valence-corrected chi connectivity index (χ4v) is 5.79. The summed E-state index contributed by atoms with van der Waals surface area (Å²) < 4.78 is 16.5. The van der Waals surface area contributed by atoms with Crippen LogP contribution in [-0.2, 0) is 41.6 Å². The quantitative estimate of drug-likeness (QED) is 0.430. The van der Waals surface area contributed by atoms with E-state index >= 15 is 0 Å². The van der Waals surface area contributed by atoms with Gasteiger partial charge in [0.2, 0.25) is 0 Å². The number of anilines is 1. The summed E-state index contributed by atoms with van der Waals surface area (Å²) in [4.78, 5) is 21.2. The zero-order valence-electron chi connectivity index (χ0n) is 16.3. The van der Waals surface area contributed by atoms with E-state index in [1.54, 1.807) is 13.8 Å². The van der Waals surface area contributed by atoms with Gasteiger partial charge in [0.15, 0.2) is 0 Å². The first kappa shape index (κ1) is 20.2. The topological polar surface area (TPSA) is 143 Å². The molecule has 2 aliphatic carbocycles. The number of hydrogen-bond donors (Lipinski definition) is 4. The molecular weight excluding hydrogens is 412 g/mol. The third kappa shape index (κ3) is 4.00. The van der Waals surface area contributed by atoms with Crippen LogP contribution in [0, 0.1) is 0 Å². The van der Waals surface area contributed by atoms with Gasteiger partial charge in [0.25, 0.3) is 0 Å². The van der Waals surface area contributed by atoms with Gasteiger partial charge in [-0.2, -0.15) is 0 Å². The molecule has 4 rings (SSSR count). The minimum absolute atomic E-state index is 0.178. The number of fused-ring (bicyclic) bond motifs is 2. The van der Waals surface area contributed by atoms with Crippen molar-refractivity contribution >= 4 is 33.4 Å². The summed E-state index contributed by atoms with van der Waals surface area (Å²) in [6, 6.07) is -0.711. The van der Waals surface area contributed by atoms with Crippen molar-refractivity contribution in [2.75, 3.05) is 5.32 Å². The van der Waals surface area contributed by atoms with Crippen LogP contribution >= 0.6 is 11.3 Å². The number of pyridine rings is 1. The zero-order chi connectivity index (χ0) is 20.8. The van der Waals surface area contributed by atoms with E-state index in [4.69, 9.17) is 10.1 Å². The van der Waals surface area contributed by atoms with Gasteiger partial charge < -0.3 is 10.4 Å². The fourth-order valence-electron chi connectivity index (χ4n) is 3.72. The van der Waals surface area contributed by atoms with E-state index in [9.17, 15) is 14.1 Å². The lowest BCUT2D eigenvalue weighted by Crippen LogP contribution is -2.20. The Morgan fingerprint density at radius 1 is 1.24 bits per heavy atom. The molecule has 2 aliphatic rings. The van der Waals surface area contributed by atoms with Crippen LogP contribution in [0.15, 0.2) is 20.0 Å². The molecule has 0 aliphatic heterocycles. The maximum atomic E-state index is 12.7. The molecule has 4 N–H and O–H groups in total. The Bertz CT molecular complexity index is 1020.